The molecule has 2 radical (unpaired) electrons. The normalized spacial score (nSPS) is 14.0. The molecular formula is C23H33As. The van der Waals surface area contributed by atoms with E-state index in [0.29, 0.717) is 10.6 Å². The Bertz CT molecular complexity index is 584. The van der Waals surface area contributed by atoms with Crippen LogP contribution >= 0.6 is 0 Å². The number of hydrogen-bond acceptors (Lipinski definition) is 0. The van der Waals surface area contributed by atoms with Gasteiger partial charge in [-0.15, -0.1) is 0 Å². The average molecular weight is 384 g/mol. The summed E-state index contributed by atoms with van der Waals surface area (Å²) in [6.45, 7) is 4.63. The van der Waals surface area contributed by atoms with Crippen LogP contribution in [0.2, 0.25) is 4.71 Å². The molecule has 0 aliphatic heterocycles. The van der Waals surface area contributed by atoms with Crippen LogP contribution in [-0.4, -0.2) is 16.9 Å². The van der Waals surface area contributed by atoms with Gasteiger partial charge in [-0.1, -0.05) is 0 Å². The maximum atomic E-state index is 2.98. The van der Waals surface area contributed by atoms with Crippen LogP contribution in [0.15, 0.2) is 42.5 Å². The Morgan fingerprint density at radius 1 is 0.792 bits per heavy atom. The van der Waals surface area contributed by atoms with Crippen molar-refractivity contribution in [2.75, 3.05) is 0 Å². The summed E-state index contributed by atoms with van der Waals surface area (Å²) in [5, 5.41) is 2.83. The molecule has 0 N–H and O–H groups in total. The van der Waals surface area contributed by atoms with E-state index < -0.39 is 0 Å². The van der Waals surface area contributed by atoms with Crippen molar-refractivity contribution in [3.63, 3.8) is 0 Å². The van der Waals surface area contributed by atoms with Gasteiger partial charge in [0.2, 0.25) is 0 Å². The third-order valence-corrected chi connectivity index (χ3v) is 6.53. The molecule has 2 rings (SSSR count). The van der Waals surface area contributed by atoms with Gasteiger partial charge < -0.3 is 0 Å². The van der Waals surface area contributed by atoms with Crippen molar-refractivity contribution in [3.8, 4) is 0 Å². The van der Waals surface area contributed by atoms with Gasteiger partial charge >= 0.3 is 158 Å². The first kappa shape index (κ1) is 19.6. The Labute approximate surface area is 157 Å². The second kappa shape index (κ2) is 11.0. The van der Waals surface area contributed by atoms with E-state index in [1.54, 1.807) is 5.56 Å². The fourth-order valence-electron chi connectivity index (χ4n) is 3.78. The molecule has 0 bridgehead atoms. The molecule has 0 heterocycles. The first-order chi connectivity index (χ1) is 11.8. The van der Waals surface area contributed by atoms with Gasteiger partial charge in [0.25, 0.3) is 0 Å². The van der Waals surface area contributed by atoms with Gasteiger partial charge in [0.15, 0.2) is 0 Å². The summed E-state index contributed by atoms with van der Waals surface area (Å²) >= 11 is 2.98. The van der Waals surface area contributed by atoms with Crippen LogP contribution in [0.3, 0.4) is 0 Å². The van der Waals surface area contributed by atoms with E-state index in [1.807, 2.05) is 0 Å². The van der Waals surface area contributed by atoms with Crippen LogP contribution in [0.1, 0.15) is 83.1 Å². The first-order valence-corrected chi connectivity index (χ1v) is 11.0. The summed E-state index contributed by atoms with van der Waals surface area (Å²) in [5.74, 6) is 0.663. The summed E-state index contributed by atoms with van der Waals surface area (Å²) < 4.78 is 0.712. The molecule has 0 aromatic heterocycles. The van der Waals surface area contributed by atoms with Crippen LogP contribution in [0.25, 0.3) is 10.8 Å². The second-order valence-corrected chi connectivity index (χ2v) is 8.45. The van der Waals surface area contributed by atoms with Crippen molar-refractivity contribution >= 4 is 27.6 Å². The first-order valence-electron chi connectivity index (χ1n) is 9.93. The van der Waals surface area contributed by atoms with Crippen molar-refractivity contribution in [3.05, 3.63) is 48.0 Å². The van der Waals surface area contributed by atoms with E-state index in [9.17, 15) is 0 Å². The number of unbranched alkanes of at least 4 members (excludes halogenated alkanes) is 6. The fraction of sp³-hybridized carbons (Fsp3) is 0.565. The predicted octanol–water partition coefficient (Wildman–Crippen LogP) is 7.43. The molecule has 0 aliphatic rings. The molecule has 0 saturated heterocycles. The van der Waals surface area contributed by atoms with Gasteiger partial charge in [-0.05, 0) is 0 Å². The van der Waals surface area contributed by atoms with Gasteiger partial charge in [-0.25, -0.2) is 0 Å². The van der Waals surface area contributed by atoms with Crippen molar-refractivity contribution < 1.29 is 0 Å². The van der Waals surface area contributed by atoms with Crippen LogP contribution in [0, 0.1) is 0 Å². The third kappa shape index (κ3) is 5.66. The monoisotopic (exact) mass is 384 g/mol. The van der Waals surface area contributed by atoms with Gasteiger partial charge in [-0.2, -0.15) is 0 Å². The van der Waals surface area contributed by atoms with Gasteiger partial charge in [0.05, 0.1) is 0 Å². The summed E-state index contributed by atoms with van der Waals surface area (Å²) in [7, 11) is 0. The van der Waals surface area contributed by atoms with Crippen LogP contribution < -0.4 is 0 Å². The molecular weight excluding hydrogens is 351 g/mol. The molecule has 0 fully saturated rings. The van der Waals surface area contributed by atoms with E-state index in [0.717, 1.165) is 0 Å². The Morgan fingerprint density at radius 2 is 1.46 bits per heavy atom. The number of benzene rings is 2. The van der Waals surface area contributed by atoms with Crippen LogP contribution in [0.5, 0.6) is 0 Å². The van der Waals surface area contributed by atoms with Gasteiger partial charge in [0, 0.05) is 0 Å². The molecule has 2 atom stereocenters. The summed E-state index contributed by atoms with van der Waals surface area (Å²) in [5.41, 5.74) is 1.55. The molecule has 130 valence electrons. The van der Waals surface area contributed by atoms with Crippen LogP contribution in [-0.2, 0) is 0 Å². The predicted molar refractivity (Wildman–Crippen MR) is 109 cm³/mol. The zero-order chi connectivity index (χ0) is 17.2. The molecule has 1 heteroatoms. The van der Waals surface area contributed by atoms with Crippen molar-refractivity contribution in [1.82, 2.24) is 0 Å². The minimum atomic E-state index is 0.663. The summed E-state index contributed by atoms with van der Waals surface area (Å²) in [6.07, 6.45) is 12.4. The third-order valence-electron chi connectivity index (χ3n) is 5.23. The molecule has 0 saturated carbocycles. The van der Waals surface area contributed by atoms with Crippen LogP contribution in [0.4, 0.5) is 0 Å². The topological polar surface area (TPSA) is 0 Å². The SMILES string of the molecule is CCCCCCCCCC([As])C(CC)c1cccc2ccccc12. The molecule has 24 heavy (non-hydrogen) atoms. The molecule has 2 aromatic carbocycles. The van der Waals surface area contributed by atoms with E-state index in [1.165, 1.54) is 68.6 Å². The molecule has 0 nitrogen and oxygen atoms in total. The average Bonchev–Trinajstić information content (AvgIpc) is 2.62. The molecule has 0 spiro atoms. The molecule has 0 amide bonds. The maximum absolute atomic E-state index is 2.98. The Hall–Kier alpha value is -0.742. The van der Waals surface area contributed by atoms with E-state index in [2.05, 4.69) is 73.2 Å². The number of rotatable bonds is 11. The Balaban J connectivity index is 1.90. The van der Waals surface area contributed by atoms with Crippen molar-refractivity contribution in [2.24, 2.45) is 0 Å². The molecule has 2 aromatic rings. The van der Waals surface area contributed by atoms with E-state index in [-0.39, 0.29) is 0 Å². The summed E-state index contributed by atoms with van der Waals surface area (Å²) in [4.78, 5) is 0. The second-order valence-electron chi connectivity index (χ2n) is 7.06. The van der Waals surface area contributed by atoms with Crippen molar-refractivity contribution in [1.29, 1.82) is 0 Å². The molecule has 0 aliphatic carbocycles. The Morgan fingerprint density at radius 3 is 2.21 bits per heavy atom. The Kier molecular flexibility index (Phi) is 8.96. The fourth-order valence-corrected chi connectivity index (χ4v) is 4.95. The van der Waals surface area contributed by atoms with Gasteiger partial charge in [0.1, 0.15) is 0 Å². The quantitative estimate of drug-likeness (QED) is 0.279. The molecule has 2 unspecified atom stereocenters. The zero-order valence-electron chi connectivity index (χ0n) is 15.5. The van der Waals surface area contributed by atoms with E-state index in [4.69, 9.17) is 0 Å². The van der Waals surface area contributed by atoms with Gasteiger partial charge in [-0.3, -0.25) is 0 Å². The summed E-state index contributed by atoms with van der Waals surface area (Å²) in [6, 6.07) is 15.7. The van der Waals surface area contributed by atoms with Crippen molar-refractivity contribution in [2.45, 2.75) is 82.3 Å². The zero-order valence-corrected chi connectivity index (χ0v) is 17.4. The number of hydrogen-bond donors (Lipinski definition) is 0. The number of fused-ring (bicyclic) bond motifs is 1. The standard InChI is InChI=1S/C23H33As/c1-3-5-6-7-8-9-10-18-23(24)20(4-2)22-17-13-15-19-14-11-12-16-21(19)22/h11-17,20,23H,3-10,18H2,1-2H3. The minimum absolute atomic E-state index is 0.663. The van der Waals surface area contributed by atoms with E-state index >= 15 is 0 Å².